The van der Waals surface area contributed by atoms with Gasteiger partial charge in [0, 0.05) is 11.6 Å². The molecular formula is C30H26ClN3O7. The number of phenols is 2. The van der Waals surface area contributed by atoms with Gasteiger partial charge in [0.15, 0.2) is 11.5 Å². The van der Waals surface area contributed by atoms with Crippen molar-refractivity contribution < 1.29 is 34.1 Å². The summed E-state index contributed by atoms with van der Waals surface area (Å²) in [6.07, 6.45) is 0.174. The number of aromatic hydroxyl groups is 2. The van der Waals surface area contributed by atoms with Gasteiger partial charge in [0.05, 0.1) is 40.4 Å². The zero-order chi connectivity index (χ0) is 29.2. The average molecular weight is 576 g/mol. The number of carbonyl (C=O) groups is 4. The summed E-state index contributed by atoms with van der Waals surface area (Å²) >= 11 is 6.50. The summed E-state index contributed by atoms with van der Waals surface area (Å²) in [5.41, 5.74) is 1.19. The molecule has 6 rings (SSSR count). The lowest BCUT2D eigenvalue weighted by molar-refractivity contribution is -0.130. The second kappa shape index (κ2) is 9.60. The molecule has 3 heterocycles. The lowest BCUT2D eigenvalue weighted by atomic mass is 9.76. The largest absolute Gasteiger partial charge is 0.504 e. The Morgan fingerprint density at radius 3 is 2.44 bits per heavy atom. The number of carbonyl (C=O) groups excluding carboxylic acids is 4. The summed E-state index contributed by atoms with van der Waals surface area (Å²) < 4.78 is 5.03. The smallest absolute Gasteiger partial charge is 0.338 e. The highest BCUT2D eigenvalue weighted by atomic mass is 35.5. The molecule has 0 bridgehead atoms. The highest BCUT2D eigenvalue weighted by Gasteiger charge is 2.70. The van der Waals surface area contributed by atoms with E-state index in [9.17, 15) is 29.4 Å². The molecule has 0 unspecified atom stereocenters. The second-order valence-electron chi connectivity index (χ2n) is 10.5. The number of nitrogens with zero attached hydrogens (tertiary/aromatic N) is 1. The zero-order valence-electron chi connectivity index (χ0n) is 22.1. The van der Waals surface area contributed by atoms with E-state index in [0.717, 1.165) is 10.5 Å². The van der Waals surface area contributed by atoms with E-state index in [1.54, 1.807) is 25.1 Å². The molecule has 0 saturated carbocycles. The highest BCUT2D eigenvalue weighted by Crippen LogP contribution is 2.55. The first kappa shape index (κ1) is 26.8. The molecule has 2 saturated heterocycles. The van der Waals surface area contributed by atoms with Crippen molar-refractivity contribution in [1.29, 1.82) is 0 Å². The van der Waals surface area contributed by atoms with Gasteiger partial charge in [-0.05, 0) is 73.9 Å². The van der Waals surface area contributed by atoms with Crippen molar-refractivity contribution >= 4 is 46.7 Å². The Balaban J connectivity index is 1.46. The van der Waals surface area contributed by atoms with Crippen molar-refractivity contribution in [3.05, 3.63) is 81.9 Å². The Hall–Kier alpha value is -4.41. The number of phenolic OH excluding ortho intramolecular Hbond substituents is 2. The first-order valence-electron chi connectivity index (χ1n) is 13.1. The van der Waals surface area contributed by atoms with Crippen LogP contribution < -0.4 is 15.5 Å². The van der Waals surface area contributed by atoms with E-state index in [1.165, 1.54) is 36.4 Å². The molecule has 210 valence electrons. The monoisotopic (exact) mass is 575 g/mol. The third-order valence-electron chi connectivity index (χ3n) is 8.05. The van der Waals surface area contributed by atoms with Crippen LogP contribution in [0.4, 0.5) is 11.4 Å². The van der Waals surface area contributed by atoms with Crippen LogP contribution in [0.5, 0.6) is 11.5 Å². The van der Waals surface area contributed by atoms with Gasteiger partial charge in [-0.15, -0.1) is 0 Å². The van der Waals surface area contributed by atoms with E-state index in [2.05, 4.69) is 10.6 Å². The average Bonchev–Trinajstić information content (AvgIpc) is 3.51. The van der Waals surface area contributed by atoms with Crippen molar-refractivity contribution in [2.45, 2.75) is 31.8 Å². The van der Waals surface area contributed by atoms with Crippen molar-refractivity contribution in [2.24, 2.45) is 11.8 Å². The Kier molecular flexibility index (Phi) is 6.28. The number of imide groups is 1. The number of fused-ring (bicyclic) bond motifs is 4. The van der Waals surface area contributed by atoms with E-state index >= 15 is 0 Å². The number of benzene rings is 3. The van der Waals surface area contributed by atoms with E-state index in [1.807, 2.05) is 6.92 Å². The van der Waals surface area contributed by atoms with Gasteiger partial charge in [-0.25, -0.2) is 9.69 Å². The lowest BCUT2D eigenvalue weighted by Crippen LogP contribution is -2.53. The maximum Gasteiger partial charge on any atom is 0.338 e. The minimum Gasteiger partial charge on any atom is -0.504 e. The minimum atomic E-state index is -1.58. The molecule has 1 spiro atoms. The van der Waals surface area contributed by atoms with Crippen LogP contribution in [0.15, 0.2) is 54.6 Å². The van der Waals surface area contributed by atoms with Gasteiger partial charge < -0.3 is 20.3 Å². The van der Waals surface area contributed by atoms with Crippen LogP contribution in [0.2, 0.25) is 5.02 Å². The Morgan fingerprint density at radius 1 is 1.02 bits per heavy atom. The van der Waals surface area contributed by atoms with Crippen molar-refractivity contribution in [3.63, 3.8) is 0 Å². The topological polar surface area (TPSA) is 145 Å². The number of esters is 1. The van der Waals surface area contributed by atoms with Crippen LogP contribution in [-0.4, -0.2) is 46.6 Å². The number of anilines is 2. The Labute approximate surface area is 239 Å². The van der Waals surface area contributed by atoms with Gasteiger partial charge in [-0.3, -0.25) is 19.7 Å². The molecule has 41 heavy (non-hydrogen) atoms. The van der Waals surface area contributed by atoms with Crippen LogP contribution in [0.3, 0.4) is 0 Å². The molecule has 0 radical (unpaired) electrons. The molecular weight excluding hydrogens is 550 g/mol. The SMILES string of the molecule is CCOC(=O)c1ccc(N2C(=O)[C@@H]3[C@H](Cc4ccc(O)c(O)c4)N[C@]4(C(=O)Nc5c(Cl)cc(C)cc54)[C@H]3C2=O)cc1. The number of amides is 3. The van der Waals surface area contributed by atoms with Crippen LogP contribution >= 0.6 is 11.6 Å². The first-order chi connectivity index (χ1) is 19.6. The van der Waals surface area contributed by atoms with Gasteiger partial charge in [-0.2, -0.15) is 0 Å². The number of hydrogen-bond acceptors (Lipinski definition) is 8. The highest BCUT2D eigenvalue weighted by molar-refractivity contribution is 6.35. The summed E-state index contributed by atoms with van der Waals surface area (Å²) in [5, 5.41) is 26.3. The summed E-state index contributed by atoms with van der Waals surface area (Å²) in [4.78, 5) is 55.2. The second-order valence-corrected chi connectivity index (χ2v) is 10.9. The molecule has 3 amide bonds. The summed E-state index contributed by atoms with van der Waals surface area (Å²) in [6, 6.07) is 13.1. The number of ether oxygens (including phenoxy) is 1. The molecule has 10 nitrogen and oxygen atoms in total. The van der Waals surface area contributed by atoms with Crippen LogP contribution in [-0.2, 0) is 31.1 Å². The molecule has 3 aromatic carbocycles. The maximum absolute atomic E-state index is 14.2. The van der Waals surface area contributed by atoms with Gasteiger partial charge in [0.2, 0.25) is 17.7 Å². The molecule has 11 heteroatoms. The fourth-order valence-corrected chi connectivity index (χ4v) is 6.66. The van der Waals surface area contributed by atoms with Crippen molar-refractivity contribution in [2.75, 3.05) is 16.8 Å². The van der Waals surface area contributed by atoms with Gasteiger partial charge in [0.25, 0.3) is 0 Å². The van der Waals surface area contributed by atoms with E-state index in [0.29, 0.717) is 21.8 Å². The number of aryl methyl sites for hydroxylation is 1. The van der Waals surface area contributed by atoms with Crippen molar-refractivity contribution in [3.8, 4) is 11.5 Å². The number of nitrogens with one attached hydrogen (secondary N) is 2. The molecule has 0 aromatic heterocycles. The normalized spacial score (nSPS) is 24.5. The lowest BCUT2D eigenvalue weighted by Gasteiger charge is -2.30. The molecule has 2 fully saturated rings. The molecule has 0 aliphatic carbocycles. The standard InChI is InChI=1S/C30H26ClN3O7/c1-3-41-28(39)16-5-7-17(8-6-16)34-26(37)23-20(12-15-4-9-21(35)22(36)13-15)33-30(24(23)27(34)38)18-10-14(2)11-19(31)25(18)32-29(30)40/h4-11,13,20,23-24,33,35-36H,3,12H2,1-2H3,(H,32,40)/t20-,23+,24+,30-/m0/s1. The molecule has 3 aliphatic rings. The number of hydrogen-bond donors (Lipinski definition) is 4. The Bertz CT molecular complexity index is 1640. The predicted octanol–water partition coefficient (Wildman–Crippen LogP) is 3.40. The zero-order valence-corrected chi connectivity index (χ0v) is 22.9. The van der Waals surface area contributed by atoms with Crippen LogP contribution in [0.25, 0.3) is 0 Å². The quantitative estimate of drug-likeness (QED) is 0.206. The summed E-state index contributed by atoms with van der Waals surface area (Å²) in [6.45, 7) is 3.72. The third kappa shape index (κ3) is 3.97. The van der Waals surface area contributed by atoms with Crippen LogP contribution in [0.1, 0.15) is 34.0 Å². The summed E-state index contributed by atoms with van der Waals surface area (Å²) in [5.74, 6) is -4.74. The number of rotatable bonds is 5. The van der Waals surface area contributed by atoms with Crippen LogP contribution in [0, 0.1) is 18.8 Å². The third-order valence-corrected chi connectivity index (χ3v) is 8.35. The molecule has 4 N–H and O–H groups in total. The van der Waals surface area contributed by atoms with Crippen molar-refractivity contribution in [1.82, 2.24) is 5.32 Å². The van der Waals surface area contributed by atoms with Gasteiger partial charge in [0.1, 0.15) is 5.54 Å². The van der Waals surface area contributed by atoms with E-state index in [4.69, 9.17) is 16.3 Å². The molecule has 3 aromatic rings. The Morgan fingerprint density at radius 2 is 1.76 bits per heavy atom. The van der Waals surface area contributed by atoms with Gasteiger partial charge in [-0.1, -0.05) is 23.7 Å². The van der Waals surface area contributed by atoms with Gasteiger partial charge >= 0.3 is 5.97 Å². The maximum atomic E-state index is 14.2. The molecule has 4 atom stereocenters. The van der Waals surface area contributed by atoms with E-state index in [-0.39, 0.29) is 35.8 Å². The predicted molar refractivity (Wildman–Crippen MR) is 149 cm³/mol. The number of halogens is 1. The first-order valence-corrected chi connectivity index (χ1v) is 13.5. The summed E-state index contributed by atoms with van der Waals surface area (Å²) in [7, 11) is 0. The minimum absolute atomic E-state index is 0.174. The van der Waals surface area contributed by atoms with E-state index < -0.39 is 47.1 Å². The fourth-order valence-electron chi connectivity index (χ4n) is 6.33. The fraction of sp³-hybridized carbons (Fsp3) is 0.267. The molecule has 3 aliphatic heterocycles.